The maximum atomic E-state index is 13.0. The number of alkyl halides is 3. The summed E-state index contributed by atoms with van der Waals surface area (Å²) < 4.78 is 53.3. The molecule has 1 aliphatic rings. The molecule has 168 valence electrons. The Labute approximate surface area is 181 Å². The van der Waals surface area contributed by atoms with Crippen LogP contribution in [-0.4, -0.2) is 27.6 Å². The lowest BCUT2D eigenvalue weighted by Crippen LogP contribution is -2.33. The van der Waals surface area contributed by atoms with Gasteiger partial charge in [0.1, 0.15) is 6.61 Å². The molecule has 32 heavy (non-hydrogen) atoms. The molecule has 6 nitrogen and oxygen atoms in total. The molecule has 0 fully saturated rings. The van der Waals surface area contributed by atoms with Gasteiger partial charge in [-0.3, -0.25) is 9.59 Å². The molecule has 1 unspecified atom stereocenters. The van der Waals surface area contributed by atoms with E-state index in [9.17, 15) is 22.8 Å². The first-order valence-electron chi connectivity index (χ1n) is 9.99. The fourth-order valence-corrected chi connectivity index (χ4v) is 3.78. The standard InChI is InChI=1S/C23H21F3N2O4/c1-14-9-18(19(29)12-27-10-16(23(24,25)26)7-8-22(27)30)15(2)28(14)11-17-13-31-20-5-3-4-6-21(20)32-17/h3-10,17H,11-13H2,1-2H3. The minimum absolute atomic E-state index is 0.274. The number of benzene rings is 1. The van der Waals surface area contributed by atoms with Crippen LogP contribution in [0.4, 0.5) is 13.2 Å². The number of rotatable bonds is 5. The van der Waals surface area contributed by atoms with Crippen molar-refractivity contribution in [2.75, 3.05) is 6.61 Å². The number of nitrogens with zero attached hydrogens (tertiary/aromatic N) is 2. The highest BCUT2D eigenvalue weighted by Gasteiger charge is 2.31. The van der Waals surface area contributed by atoms with Gasteiger partial charge in [-0.2, -0.15) is 13.2 Å². The third kappa shape index (κ3) is 4.28. The van der Waals surface area contributed by atoms with Crippen LogP contribution >= 0.6 is 0 Å². The van der Waals surface area contributed by atoms with Crippen LogP contribution in [0.25, 0.3) is 0 Å². The van der Waals surface area contributed by atoms with Gasteiger partial charge in [0.05, 0.1) is 18.7 Å². The van der Waals surface area contributed by atoms with E-state index >= 15 is 0 Å². The second kappa shape index (κ2) is 8.22. The Morgan fingerprint density at radius 2 is 1.84 bits per heavy atom. The summed E-state index contributed by atoms with van der Waals surface area (Å²) in [5.41, 5.74) is 0.139. The quantitative estimate of drug-likeness (QED) is 0.556. The predicted molar refractivity (Wildman–Crippen MR) is 110 cm³/mol. The SMILES string of the molecule is Cc1cc(C(=O)Cn2cc(C(F)(F)F)ccc2=O)c(C)n1CC1COc2ccccc2O1. The Morgan fingerprint density at radius 1 is 1.12 bits per heavy atom. The number of carbonyl (C=O) groups is 1. The third-order valence-electron chi connectivity index (χ3n) is 5.45. The Kier molecular flexibility index (Phi) is 5.58. The Balaban J connectivity index is 1.53. The Bertz CT molecular complexity index is 1230. The lowest BCUT2D eigenvalue weighted by molar-refractivity contribution is -0.138. The summed E-state index contributed by atoms with van der Waals surface area (Å²) in [6.45, 7) is 3.88. The first-order valence-corrected chi connectivity index (χ1v) is 9.99. The van der Waals surface area contributed by atoms with E-state index in [1.807, 2.05) is 35.8 Å². The number of ketones is 1. The summed E-state index contributed by atoms with van der Waals surface area (Å²) in [6, 6.07) is 10.5. The van der Waals surface area contributed by atoms with Crippen molar-refractivity contribution in [1.82, 2.24) is 9.13 Å². The van der Waals surface area contributed by atoms with E-state index in [4.69, 9.17) is 9.47 Å². The zero-order chi connectivity index (χ0) is 23.0. The van der Waals surface area contributed by atoms with Gasteiger partial charge in [0, 0.05) is 29.2 Å². The van der Waals surface area contributed by atoms with Gasteiger partial charge in [-0.15, -0.1) is 0 Å². The zero-order valence-corrected chi connectivity index (χ0v) is 17.5. The van der Waals surface area contributed by atoms with Crippen molar-refractivity contribution in [1.29, 1.82) is 0 Å². The first kappa shape index (κ1) is 21.7. The summed E-state index contributed by atoms with van der Waals surface area (Å²) >= 11 is 0. The minimum atomic E-state index is -4.60. The molecule has 0 aliphatic carbocycles. The molecule has 9 heteroatoms. The number of halogens is 3. The molecule has 0 radical (unpaired) electrons. The number of carbonyl (C=O) groups excluding carboxylic acids is 1. The number of pyridine rings is 1. The van der Waals surface area contributed by atoms with Gasteiger partial charge in [0.15, 0.2) is 23.4 Å². The van der Waals surface area contributed by atoms with Crippen molar-refractivity contribution < 1.29 is 27.4 Å². The molecule has 0 N–H and O–H groups in total. The van der Waals surface area contributed by atoms with Crippen LogP contribution in [0.15, 0.2) is 53.5 Å². The Morgan fingerprint density at radius 3 is 2.56 bits per heavy atom. The van der Waals surface area contributed by atoms with Crippen molar-refractivity contribution in [3.63, 3.8) is 0 Å². The van der Waals surface area contributed by atoms with Gasteiger partial charge in [0.2, 0.25) is 0 Å². The van der Waals surface area contributed by atoms with Gasteiger partial charge in [-0.05, 0) is 38.1 Å². The Hall–Kier alpha value is -3.49. The summed E-state index contributed by atoms with van der Waals surface area (Å²) in [6.07, 6.45) is -4.21. The van der Waals surface area contributed by atoms with Gasteiger partial charge in [0.25, 0.3) is 5.56 Å². The molecule has 0 spiro atoms. The van der Waals surface area contributed by atoms with Crippen LogP contribution in [0.3, 0.4) is 0 Å². The van der Waals surface area contributed by atoms with Crippen LogP contribution in [0.5, 0.6) is 11.5 Å². The molecule has 3 heterocycles. The number of aryl methyl sites for hydroxylation is 1. The molecule has 1 aromatic carbocycles. The highest BCUT2D eigenvalue weighted by molar-refractivity contribution is 5.97. The molecule has 0 amide bonds. The van der Waals surface area contributed by atoms with Crippen molar-refractivity contribution in [2.45, 2.75) is 39.2 Å². The van der Waals surface area contributed by atoms with Crippen LogP contribution in [0.2, 0.25) is 0 Å². The number of aromatic nitrogens is 2. The fourth-order valence-electron chi connectivity index (χ4n) is 3.78. The molecule has 1 aliphatic heterocycles. The van der Waals surface area contributed by atoms with E-state index in [1.165, 1.54) is 0 Å². The topological polar surface area (TPSA) is 62.5 Å². The van der Waals surface area contributed by atoms with E-state index in [0.717, 1.165) is 16.3 Å². The van der Waals surface area contributed by atoms with Crippen molar-refractivity contribution >= 4 is 5.78 Å². The van der Waals surface area contributed by atoms with Crippen LogP contribution in [0.1, 0.15) is 27.3 Å². The van der Waals surface area contributed by atoms with Crippen LogP contribution in [0, 0.1) is 13.8 Å². The maximum absolute atomic E-state index is 13.0. The zero-order valence-electron chi connectivity index (χ0n) is 17.5. The molecular weight excluding hydrogens is 425 g/mol. The summed E-state index contributed by atoms with van der Waals surface area (Å²) in [4.78, 5) is 24.9. The average molecular weight is 446 g/mol. The number of Topliss-reactive ketones (excluding diaryl/α,β-unsaturated/α-hetero) is 1. The summed E-state index contributed by atoms with van der Waals surface area (Å²) in [5, 5.41) is 0. The van der Waals surface area contributed by atoms with Gasteiger partial charge >= 0.3 is 6.18 Å². The van der Waals surface area contributed by atoms with E-state index in [-0.39, 0.29) is 6.10 Å². The fraction of sp³-hybridized carbons (Fsp3) is 0.304. The number of hydrogen-bond acceptors (Lipinski definition) is 4. The number of para-hydroxylation sites is 2. The predicted octanol–water partition coefficient (Wildman–Crippen LogP) is 4.01. The van der Waals surface area contributed by atoms with Gasteiger partial charge in [-0.1, -0.05) is 12.1 Å². The average Bonchev–Trinajstić information content (AvgIpc) is 3.03. The third-order valence-corrected chi connectivity index (χ3v) is 5.45. The molecule has 0 bridgehead atoms. The monoisotopic (exact) mass is 446 g/mol. The second-order valence-electron chi connectivity index (χ2n) is 7.70. The van der Waals surface area contributed by atoms with Gasteiger partial charge in [-0.25, -0.2) is 0 Å². The number of fused-ring (bicyclic) bond motifs is 1. The molecular formula is C23H21F3N2O4. The molecule has 3 aromatic rings. The second-order valence-corrected chi connectivity index (χ2v) is 7.70. The first-order chi connectivity index (χ1) is 15.1. The van der Waals surface area contributed by atoms with E-state index in [2.05, 4.69) is 0 Å². The molecule has 1 atom stereocenters. The van der Waals surface area contributed by atoms with Crippen molar-refractivity contribution in [3.05, 3.63) is 81.5 Å². The summed E-state index contributed by atoms with van der Waals surface area (Å²) in [5.74, 6) is 0.871. The van der Waals surface area contributed by atoms with Crippen molar-refractivity contribution in [2.24, 2.45) is 0 Å². The van der Waals surface area contributed by atoms with E-state index in [0.29, 0.717) is 48.2 Å². The van der Waals surface area contributed by atoms with E-state index < -0.39 is 29.6 Å². The molecule has 2 aromatic heterocycles. The number of hydrogen-bond donors (Lipinski definition) is 0. The molecule has 0 saturated carbocycles. The molecule has 0 saturated heterocycles. The maximum Gasteiger partial charge on any atom is 0.417 e. The largest absolute Gasteiger partial charge is 0.486 e. The van der Waals surface area contributed by atoms with Crippen LogP contribution < -0.4 is 15.0 Å². The highest BCUT2D eigenvalue weighted by Crippen LogP contribution is 2.32. The van der Waals surface area contributed by atoms with Gasteiger partial charge < -0.3 is 18.6 Å². The smallest absolute Gasteiger partial charge is 0.417 e. The van der Waals surface area contributed by atoms with E-state index in [1.54, 1.807) is 13.0 Å². The number of ether oxygens (including phenoxy) is 2. The highest BCUT2D eigenvalue weighted by atomic mass is 19.4. The summed E-state index contributed by atoms with van der Waals surface area (Å²) in [7, 11) is 0. The normalized spacial score (nSPS) is 15.6. The van der Waals surface area contributed by atoms with Crippen molar-refractivity contribution in [3.8, 4) is 11.5 Å². The van der Waals surface area contributed by atoms with Crippen LogP contribution in [-0.2, 0) is 19.3 Å². The lowest BCUT2D eigenvalue weighted by atomic mass is 10.1. The molecule has 4 rings (SSSR count). The minimum Gasteiger partial charge on any atom is -0.486 e. The lowest BCUT2D eigenvalue weighted by Gasteiger charge is -2.27.